The van der Waals surface area contributed by atoms with Gasteiger partial charge in [-0.3, -0.25) is 0 Å². The summed E-state index contributed by atoms with van der Waals surface area (Å²) in [5.41, 5.74) is 0. The quantitative estimate of drug-likeness (QED) is 0.458. The van der Waals surface area contributed by atoms with E-state index in [1.165, 1.54) is 25.3 Å². The lowest BCUT2D eigenvalue weighted by Gasteiger charge is -2.39. The number of hydrogen-bond acceptors (Lipinski definition) is 8. The predicted octanol–water partition coefficient (Wildman–Crippen LogP) is -1.42. The van der Waals surface area contributed by atoms with Crippen LogP contribution in [0.5, 0.6) is 17.2 Å². The molecule has 0 spiro atoms. The molecule has 1 saturated heterocycles. The molecule has 1 heterocycles. The van der Waals surface area contributed by atoms with Gasteiger partial charge >= 0.3 is 0 Å². The van der Waals surface area contributed by atoms with Gasteiger partial charge in [0.05, 0.1) is 13.7 Å². The topological polar surface area (TPSA) is 129 Å². The molecular weight excluding hydrogens is 284 g/mol. The first-order chi connectivity index (χ1) is 9.96. The molecule has 1 aromatic rings. The maximum Gasteiger partial charge on any atom is 0.229 e. The van der Waals surface area contributed by atoms with Gasteiger partial charge in [0.25, 0.3) is 0 Å². The molecule has 0 amide bonds. The molecule has 5 unspecified atom stereocenters. The second-order valence-electron chi connectivity index (χ2n) is 4.68. The van der Waals surface area contributed by atoms with Gasteiger partial charge in [-0.25, -0.2) is 0 Å². The summed E-state index contributed by atoms with van der Waals surface area (Å²) >= 11 is 0. The monoisotopic (exact) mass is 302 g/mol. The molecule has 21 heavy (non-hydrogen) atoms. The molecule has 2 rings (SSSR count). The van der Waals surface area contributed by atoms with Crippen molar-refractivity contribution in [3.63, 3.8) is 0 Å². The van der Waals surface area contributed by atoms with Crippen LogP contribution in [0, 0.1) is 0 Å². The van der Waals surface area contributed by atoms with E-state index in [0.29, 0.717) is 5.75 Å². The van der Waals surface area contributed by atoms with E-state index in [2.05, 4.69) is 0 Å². The first kappa shape index (κ1) is 15.8. The van der Waals surface area contributed by atoms with Crippen molar-refractivity contribution in [2.45, 2.75) is 30.7 Å². The van der Waals surface area contributed by atoms with Crippen molar-refractivity contribution in [2.75, 3.05) is 13.7 Å². The van der Waals surface area contributed by atoms with Gasteiger partial charge in [0.2, 0.25) is 6.29 Å². The van der Waals surface area contributed by atoms with Crippen molar-refractivity contribution in [3.8, 4) is 17.2 Å². The van der Waals surface area contributed by atoms with E-state index in [9.17, 15) is 20.4 Å². The summed E-state index contributed by atoms with van der Waals surface area (Å²) in [6.45, 7) is -0.547. The average molecular weight is 302 g/mol. The van der Waals surface area contributed by atoms with Crippen LogP contribution in [0.1, 0.15) is 0 Å². The maximum atomic E-state index is 9.84. The van der Waals surface area contributed by atoms with Crippen LogP contribution in [0.25, 0.3) is 0 Å². The Labute approximate surface area is 120 Å². The Kier molecular flexibility index (Phi) is 4.86. The molecule has 1 fully saturated rings. The highest BCUT2D eigenvalue weighted by atomic mass is 16.7. The molecule has 1 aliphatic rings. The summed E-state index contributed by atoms with van der Waals surface area (Å²) in [5, 5.41) is 47.8. The van der Waals surface area contributed by atoms with Crippen molar-refractivity contribution in [1.82, 2.24) is 0 Å². The summed E-state index contributed by atoms with van der Waals surface area (Å²) in [5.74, 6) is 0.347. The maximum absolute atomic E-state index is 9.84. The largest absolute Gasteiger partial charge is 0.508 e. The Morgan fingerprint density at radius 3 is 2.33 bits per heavy atom. The smallest absolute Gasteiger partial charge is 0.229 e. The minimum absolute atomic E-state index is 0.117. The number of aromatic hydroxyl groups is 1. The summed E-state index contributed by atoms with van der Waals surface area (Å²) in [6.07, 6.45) is -6.88. The standard InChI is InChI=1S/C13H18O8/c1-19-7-2-6(15)3-8(4-7)20-13-12(18)11(17)10(16)9(5-14)21-13/h2-4,9-18H,5H2,1H3. The molecule has 0 saturated carbocycles. The van der Waals surface area contributed by atoms with Gasteiger partial charge in [0, 0.05) is 18.2 Å². The molecule has 1 aliphatic heterocycles. The van der Waals surface area contributed by atoms with Crippen LogP contribution in [0.2, 0.25) is 0 Å². The van der Waals surface area contributed by atoms with Crippen LogP contribution < -0.4 is 9.47 Å². The van der Waals surface area contributed by atoms with Crippen LogP contribution in [0.15, 0.2) is 18.2 Å². The van der Waals surface area contributed by atoms with E-state index < -0.39 is 37.3 Å². The minimum Gasteiger partial charge on any atom is -0.508 e. The van der Waals surface area contributed by atoms with Gasteiger partial charge in [-0.2, -0.15) is 0 Å². The van der Waals surface area contributed by atoms with E-state index >= 15 is 0 Å². The van der Waals surface area contributed by atoms with Crippen molar-refractivity contribution < 1.29 is 39.7 Å². The number of methoxy groups -OCH3 is 1. The molecule has 0 bridgehead atoms. The molecule has 5 N–H and O–H groups in total. The zero-order valence-electron chi connectivity index (χ0n) is 11.3. The Morgan fingerprint density at radius 2 is 1.71 bits per heavy atom. The number of aliphatic hydroxyl groups is 4. The van der Waals surface area contributed by atoms with Crippen LogP contribution in [0.4, 0.5) is 0 Å². The number of phenols is 1. The number of ether oxygens (including phenoxy) is 3. The highest BCUT2D eigenvalue weighted by Gasteiger charge is 2.44. The predicted molar refractivity (Wildman–Crippen MR) is 69.1 cm³/mol. The molecule has 118 valence electrons. The molecule has 8 nitrogen and oxygen atoms in total. The fraction of sp³-hybridized carbons (Fsp3) is 0.538. The van der Waals surface area contributed by atoms with E-state index in [1.54, 1.807) is 0 Å². The normalized spacial score (nSPS) is 32.7. The number of phenolic OH excluding ortho intramolecular Hbond substituents is 1. The minimum atomic E-state index is -1.53. The molecule has 0 aliphatic carbocycles. The fourth-order valence-electron chi connectivity index (χ4n) is 2.04. The SMILES string of the molecule is COc1cc(O)cc(OC2OC(CO)C(O)C(O)C2O)c1. The first-order valence-corrected chi connectivity index (χ1v) is 6.31. The third kappa shape index (κ3) is 3.36. The Morgan fingerprint density at radius 1 is 1.05 bits per heavy atom. The Hall–Kier alpha value is -1.58. The summed E-state index contributed by atoms with van der Waals surface area (Å²) in [7, 11) is 1.41. The molecule has 1 aromatic carbocycles. The van der Waals surface area contributed by atoms with Gasteiger partial charge in [-0.15, -0.1) is 0 Å². The Bertz CT molecular complexity index is 477. The summed E-state index contributed by atoms with van der Waals surface area (Å²) in [6, 6.07) is 4.07. The third-order valence-electron chi connectivity index (χ3n) is 3.20. The lowest BCUT2D eigenvalue weighted by molar-refractivity contribution is -0.277. The summed E-state index contributed by atoms with van der Waals surface area (Å²) < 4.78 is 15.5. The second-order valence-corrected chi connectivity index (χ2v) is 4.68. The zero-order chi connectivity index (χ0) is 15.6. The van der Waals surface area contributed by atoms with Crippen LogP contribution >= 0.6 is 0 Å². The van der Waals surface area contributed by atoms with Crippen molar-refractivity contribution in [1.29, 1.82) is 0 Å². The zero-order valence-corrected chi connectivity index (χ0v) is 11.3. The van der Waals surface area contributed by atoms with E-state index in [-0.39, 0.29) is 11.5 Å². The molecule has 0 radical (unpaired) electrons. The van der Waals surface area contributed by atoms with Crippen molar-refractivity contribution in [3.05, 3.63) is 18.2 Å². The van der Waals surface area contributed by atoms with Crippen molar-refractivity contribution >= 4 is 0 Å². The second kappa shape index (κ2) is 6.46. The Balaban J connectivity index is 2.16. The molecule has 5 atom stereocenters. The van der Waals surface area contributed by atoms with Crippen LogP contribution in [-0.2, 0) is 4.74 Å². The van der Waals surface area contributed by atoms with Gasteiger partial charge in [-0.05, 0) is 0 Å². The van der Waals surface area contributed by atoms with E-state index in [0.717, 1.165) is 0 Å². The number of benzene rings is 1. The molecule has 8 heteroatoms. The third-order valence-corrected chi connectivity index (χ3v) is 3.20. The molecular formula is C13H18O8. The summed E-state index contributed by atoms with van der Waals surface area (Å²) in [4.78, 5) is 0. The van der Waals surface area contributed by atoms with Gasteiger partial charge in [0.1, 0.15) is 41.7 Å². The average Bonchev–Trinajstić information content (AvgIpc) is 2.47. The van der Waals surface area contributed by atoms with Crippen LogP contribution in [-0.4, -0.2) is 70.0 Å². The number of hydrogen-bond donors (Lipinski definition) is 5. The van der Waals surface area contributed by atoms with Gasteiger partial charge < -0.3 is 39.7 Å². The first-order valence-electron chi connectivity index (χ1n) is 6.31. The number of aliphatic hydroxyl groups excluding tert-OH is 4. The lowest BCUT2D eigenvalue weighted by Crippen LogP contribution is -2.60. The van der Waals surface area contributed by atoms with E-state index in [1.807, 2.05) is 0 Å². The fourth-order valence-corrected chi connectivity index (χ4v) is 2.04. The highest BCUT2D eigenvalue weighted by Crippen LogP contribution is 2.30. The van der Waals surface area contributed by atoms with Crippen molar-refractivity contribution in [2.24, 2.45) is 0 Å². The van der Waals surface area contributed by atoms with E-state index in [4.69, 9.17) is 19.3 Å². The van der Waals surface area contributed by atoms with Gasteiger partial charge in [0.15, 0.2) is 0 Å². The lowest BCUT2D eigenvalue weighted by atomic mass is 9.99. The van der Waals surface area contributed by atoms with Gasteiger partial charge in [-0.1, -0.05) is 0 Å². The number of rotatable bonds is 4. The van der Waals surface area contributed by atoms with Crippen LogP contribution in [0.3, 0.4) is 0 Å². The molecule has 0 aromatic heterocycles. The highest BCUT2D eigenvalue weighted by molar-refractivity contribution is 5.41.